The van der Waals surface area contributed by atoms with Gasteiger partial charge in [0.2, 0.25) is 0 Å². The van der Waals surface area contributed by atoms with Crippen molar-refractivity contribution in [3.05, 3.63) is 45.7 Å². The van der Waals surface area contributed by atoms with Crippen LogP contribution in [0.2, 0.25) is 0 Å². The average molecular weight is 398 g/mol. The Morgan fingerprint density at radius 1 is 1.16 bits per heavy atom. The molecule has 0 N–H and O–H groups in total. The van der Waals surface area contributed by atoms with Gasteiger partial charge in [0.15, 0.2) is 5.78 Å². The van der Waals surface area contributed by atoms with Gasteiger partial charge in [-0.2, -0.15) is 5.26 Å². The van der Waals surface area contributed by atoms with Gasteiger partial charge < -0.3 is 9.47 Å². The van der Waals surface area contributed by atoms with Crippen LogP contribution in [0.4, 0.5) is 5.69 Å². The molecule has 2 bridgehead atoms. The van der Waals surface area contributed by atoms with Crippen molar-refractivity contribution in [2.24, 2.45) is 0 Å². The maximum Gasteiger partial charge on any atom is 0.164 e. The quantitative estimate of drug-likeness (QED) is 0.701. The Labute approximate surface area is 156 Å². The van der Waals surface area contributed by atoms with Crippen LogP contribution in [0.25, 0.3) is 5.69 Å². The number of nitrogens with zero attached hydrogens (tertiary/aromatic N) is 3. The number of anilines is 1. The summed E-state index contributed by atoms with van der Waals surface area (Å²) in [5, 5.41) is 9.02. The van der Waals surface area contributed by atoms with Crippen LogP contribution in [0.5, 0.6) is 0 Å². The highest BCUT2D eigenvalue weighted by Crippen LogP contribution is 2.47. The van der Waals surface area contributed by atoms with E-state index < -0.39 is 0 Å². The Bertz CT molecular complexity index is 871. The minimum Gasteiger partial charge on any atom is -0.363 e. The van der Waals surface area contributed by atoms with Gasteiger partial charge >= 0.3 is 0 Å². The predicted octanol–water partition coefficient (Wildman–Crippen LogP) is 4.75. The number of Topliss-reactive ketones (excluding diaryl/α,β-unsaturated/α-hetero) is 1. The SMILES string of the molecule is CC(=O)c1c(N2C3CCC2CC3)c(C)n(-c2ccc(C#N)cc2)c1Br. The number of halogens is 1. The number of nitriles is 1. The van der Waals surface area contributed by atoms with Gasteiger partial charge in [0, 0.05) is 23.5 Å². The molecule has 2 aliphatic heterocycles. The molecule has 0 aliphatic carbocycles. The third-order valence-electron chi connectivity index (χ3n) is 5.64. The normalized spacial score (nSPS) is 21.6. The van der Waals surface area contributed by atoms with Crippen molar-refractivity contribution in [1.82, 2.24) is 4.57 Å². The van der Waals surface area contributed by atoms with Crippen molar-refractivity contribution in [2.75, 3.05) is 4.90 Å². The lowest BCUT2D eigenvalue weighted by Crippen LogP contribution is -2.29. The zero-order chi connectivity index (χ0) is 17.7. The third kappa shape index (κ3) is 2.43. The Hall–Kier alpha value is -2.06. The molecule has 1 aromatic heterocycles. The van der Waals surface area contributed by atoms with E-state index in [4.69, 9.17) is 5.26 Å². The fraction of sp³-hybridized carbons (Fsp3) is 0.400. The molecule has 0 saturated carbocycles. The van der Waals surface area contributed by atoms with E-state index in [-0.39, 0.29) is 5.78 Å². The number of hydrogen-bond donors (Lipinski definition) is 0. The Kier molecular flexibility index (Phi) is 3.96. The highest BCUT2D eigenvalue weighted by Gasteiger charge is 2.42. The molecule has 2 aliphatic rings. The summed E-state index contributed by atoms with van der Waals surface area (Å²) in [6.07, 6.45) is 4.89. The van der Waals surface area contributed by atoms with E-state index in [1.54, 1.807) is 6.92 Å². The summed E-state index contributed by atoms with van der Waals surface area (Å²) in [7, 11) is 0. The van der Waals surface area contributed by atoms with Gasteiger partial charge in [-0.15, -0.1) is 0 Å². The van der Waals surface area contributed by atoms with Crippen LogP contribution >= 0.6 is 15.9 Å². The standard InChI is InChI=1S/C20H20BrN3O/c1-12-19(24-16-7-8-17(24)10-9-16)18(13(2)25)20(21)23(12)15-5-3-14(11-22)4-6-15/h3-6,16-17H,7-10H2,1-2H3. The smallest absolute Gasteiger partial charge is 0.164 e. The predicted molar refractivity (Wildman–Crippen MR) is 101 cm³/mol. The van der Waals surface area contributed by atoms with Crippen LogP contribution < -0.4 is 4.90 Å². The zero-order valence-corrected chi connectivity index (χ0v) is 16.0. The first-order valence-electron chi connectivity index (χ1n) is 8.73. The summed E-state index contributed by atoms with van der Waals surface area (Å²) in [4.78, 5) is 15.0. The minimum atomic E-state index is 0.0867. The van der Waals surface area contributed by atoms with E-state index in [1.165, 1.54) is 25.7 Å². The lowest BCUT2D eigenvalue weighted by molar-refractivity contribution is 0.101. The summed E-state index contributed by atoms with van der Waals surface area (Å²) in [6, 6.07) is 10.8. The molecule has 1 aromatic carbocycles. The van der Waals surface area contributed by atoms with Crippen LogP contribution in [0, 0.1) is 18.3 Å². The van der Waals surface area contributed by atoms with Crippen LogP contribution in [-0.4, -0.2) is 22.4 Å². The zero-order valence-electron chi connectivity index (χ0n) is 14.4. The van der Waals surface area contributed by atoms with Gasteiger partial charge in [-0.1, -0.05) is 0 Å². The molecule has 128 valence electrons. The Morgan fingerprint density at radius 3 is 2.20 bits per heavy atom. The molecule has 4 rings (SSSR count). The number of ketones is 1. The summed E-state index contributed by atoms with van der Waals surface area (Å²) in [6.45, 7) is 3.73. The molecular formula is C20H20BrN3O. The first kappa shape index (κ1) is 16.4. The maximum atomic E-state index is 12.5. The molecule has 0 radical (unpaired) electrons. The molecule has 0 spiro atoms. The molecule has 25 heavy (non-hydrogen) atoms. The fourth-order valence-electron chi connectivity index (χ4n) is 4.54. The van der Waals surface area contributed by atoms with E-state index in [1.807, 2.05) is 24.3 Å². The first-order valence-corrected chi connectivity index (χ1v) is 9.52. The van der Waals surface area contributed by atoms with Crippen LogP contribution in [-0.2, 0) is 0 Å². The highest BCUT2D eigenvalue weighted by atomic mass is 79.9. The van der Waals surface area contributed by atoms with Gasteiger partial charge in [-0.05, 0) is 79.7 Å². The number of hydrogen-bond acceptors (Lipinski definition) is 3. The molecule has 0 unspecified atom stereocenters. The Morgan fingerprint density at radius 2 is 1.72 bits per heavy atom. The second-order valence-corrected chi connectivity index (χ2v) is 7.77. The van der Waals surface area contributed by atoms with E-state index in [0.29, 0.717) is 17.6 Å². The molecule has 2 fully saturated rings. The molecule has 3 heterocycles. The van der Waals surface area contributed by atoms with Gasteiger partial charge in [0.1, 0.15) is 4.60 Å². The van der Waals surface area contributed by atoms with Gasteiger partial charge in [0.25, 0.3) is 0 Å². The average Bonchev–Trinajstić information content (AvgIpc) is 3.26. The van der Waals surface area contributed by atoms with Gasteiger partial charge in [-0.3, -0.25) is 4.79 Å². The van der Waals surface area contributed by atoms with Crippen molar-refractivity contribution in [3.63, 3.8) is 0 Å². The van der Waals surface area contributed by atoms with Gasteiger partial charge in [-0.25, -0.2) is 0 Å². The van der Waals surface area contributed by atoms with Crippen molar-refractivity contribution >= 4 is 27.4 Å². The van der Waals surface area contributed by atoms with E-state index in [9.17, 15) is 4.79 Å². The molecule has 5 heteroatoms. The van der Waals surface area contributed by atoms with E-state index >= 15 is 0 Å². The summed E-state index contributed by atoms with van der Waals surface area (Å²) in [5.41, 5.74) is 4.55. The van der Waals surface area contributed by atoms with Gasteiger partial charge in [0.05, 0.1) is 22.9 Å². The topological polar surface area (TPSA) is 49.0 Å². The van der Waals surface area contributed by atoms with Crippen LogP contribution in [0.1, 0.15) is 54.2 Å². The van der Waals surface area contributed by atoms with Crippen molar-refractivity contribution in [2.45, 2.75) is 51.6 Å². The lowest BCUT2D eigenvalue weighted by atomic mass is 10.0. The molecule has 0 amide bonds. The highest BCUT2D eigenvalue weighted by molar-refractivity contribution is 9.10. The van der Waals surface area contributed by atoms with Crippen molar-refractivity contribution in [3.8, 4) is 11.8 Å². The largest absolute Gasteiger partial charge is 0.363 e. The first-order chi connectivity index (χ1) is 12.0. The number of fused-ring (bicyclic) bond motifs is 2. The summed E-state index contributed by atoms with van der Waals surface area (Å²) in [5.74, 6) is 0.0867. The second kappa shape index (κ2) is 6.03. The molecule has 2 saturated heterocycles. The molecule has 0 atom stereocenters. The van der Waals surface area contributed by atoms with Crippen molar-refractivity contribution < 1.29 is 4.79 Å². The number of carbonyl (C=O) groups excluding carboxylic acids is 1. The second-order valence-electron chi connectivity index (χ2n) is 7.02. The number of benzene rings is 1. The molecular weight excluding hydrogens is 378 g/mol. The lowest BCUT2D eigenvalue weighted by Gasteiger charge is -2.26. The number of rotatable bonds is 3. The maximum absolute atomic E-state index is 12.5. The summed E-state index contributed by atoms with van der Waals surface area (Å²) < 4.78 is 2.90. The third-order valence-corrected chi connectivity index (χ3v) is 6.39. The van der Waals surface area contributed by atoms with Crippen molar-refractivity contribution in [1.29, 1.82) is 5.26 Å². The van der Waals surface area contributed by atoms with E-state index in [2.05, 4.69) is 38.4 Å². The van der Waals surface area contributed by atoms with E-state index in [0.717, 1.165) is 27.2 Å². The minimum absolute atomic E-state index is 0.0867. The molecule has 2 aromatic rings. The van der Waals surface area contributed by atoms with Crippen LogP contribution in [0.3, 0.4) is 0 Å². The number of aromatic nitrogens is 1. The molecule has 4 nitrogen and oxygen atoms in total. The summed E-state index contributed by atoms with van der Waals surface area (Å²) >= 11 is 3.68. The number of carbonyl (C=O) groups is 1. The monoisotopic (exact) mass is 397 g/mol. The van der Waals surface area contributed by atoms with Crippen LogP contribution in [0.15, 0.2) is 28.9 Å². The Balaban J connectivity index is 1.90. The fourth-order valence-corrected chi connectivity index (χ4v) is 5.48.